The molecule has 1 aliphatic rings. The molecule has 5 rings (SSSR count). The summed E-state index contributed by atoms with van der Waals surface area (Å²) in [5.41, 5.74) is 6.49. The first-order valence-electron chi connectivity index (χ1n) is 11.2. The molecule has 7 heteroatoms. The zero-order valence-corrected chi connectivity index (χ0v) is 19.8. The molecule has 5 nitrogen and oxygen atoms in total. The van der Waals surface area contributed by atoms with Crippen LogP contribution in [0.1, 0.15) is 40.4 Å². The van der Waals surface area contributed by atoms with Gasteiger partial charge in [0.15, 0.2) is 11.6 Å². The first kappa shape index (κ1) is 22.5. The van der Waals surface area contributed by atoms with E-state index in [9.17, 15) is 9.50 Å². The average Bonchev–Trinajstić information content (AvgIpc) is 2.87. The molecular formula is C27H24FN3O2S. The Morgan fingerprint density at radius 1 is 1.00 bits per heavy atom. The Morgan fingerprint density at radius 2 is 1.74 bits per heavy atom. The molecule has 172 valence electrons. The Bertz CT molecular complexity index is 1340. The molecule has 0 bridgehead atoms. The number of rotatable bonds is 6. The van der Waals surface area contributed by atoms with Gasteiger partial charge in [0.05, 0.1) is 17.9 Å². The highest BCUT2D eigenvalue weighted by atomic mass is 32.2. The van der Waals surface area contributed by atoms with E-state index >= 15 is 0 Å². The van der Waals surface area contributed by atoms with E-state index in [1.54, 1.807) is 30.1 Å². The third-order valence-electron chi connectivity index (χ3n) is 5.97. The number of nitrogens with zero attached hydrogens (tertiary/aromatic N) is 3. The normalized spacial score (nSPS) is 12.1. The van der Waals surface area contributed by atoms with E-state index in [1.165, 1.54) is 23.3 Å². The van der Waals surface area contributed by atoms with Gasteiger partial charge in [0.1, 0.15) is 10.8 Å². The molecule has 3 heterocycles. The quantitative estimate of drug-likeness (QED) is 0.240. The molecular weight excluding hydrogens is 449 g/mol. The Labute approximate surface area is 202 Å². The molecule has 0 aliphatic carbocycles. The van der Waals surface area contributed by atoms with Crippen LogP contribution in [-0.2, 0) is 25.2 Å². The fourth-order valence-corrected chi connectivity index (χ4v) is 4.94. The van der Waals surface area contributed by atoms with E-state index in [4.69, 9.17) is 9.72 Å². The lowest BCUT2D eigenvalue weighted by Gasteiger charge is -2.24. The lowest BCUT2D eigenvalue weighted by atomic mass is 9.99. The van der Waals surface area contributed by atoms with Crippen LogP contribution in [0, 0.1) is 12.7 Å². The van der Waals surface area contributed by atoms with Gasteiger partial charge in [-0.05, 0) is 48.7 Å². The molecule has 0 unspecified atom stereocenters. The molecule has 34 heavy (non-hydrogen) atoms. The number of pyridine rings is 1. The van der Waals surface area contributed by atoms with E-state index in [1.807, 2.05) is 6.92 Å². The lowest BCUT2D eigenvalue weighted by Crippen LogP contribution is -2.13. The second kappa shape index (κ2) is 9.52. The molecule has 4 aromatic rings. The van der Waals surface area contributed by atoms with Crippen LogP contribution in [0.3, 0.4) is 0 Å². The van der Waals surface area contributed by atoms with Crippen molar-refractivity contribution >= 4 is 11.8 Å². The Kier molecular flexibility index (Phi) is 6.30. The summed E-state index contributed by atoms with van der Waals surface area (Å²) in [6.07, 6.45) is 3.25. The van der Waals surface area contributed by atoms with Gasteiger partial charge in [0.2, 0.25) is 5.88 Å². The van der Waals surface area contributed by atoms with Crippen LogP contribution in [-0.4, -0.2) is 20.1 Å². The minimum atomic E-state index is -0.310. The maximum atomic E-state index is 13.5. The zero-order chi connectivity index (χ0) is 23.7. The summed E-state index contributed by atoms with van der Waals surface area (Å²) in [7, 11) is 0. The van der Waals surface area contributed by atoms with Crippen LogP contribution in [0.15, 0.2) is 59.8 Å². The van der Waals surface area contributed by atoms with Crippen molar-refractivity contribution in [3.63, 3.8) is 0 Å². The molecule has 2 aromatic carbocycles. The summed E-state index contributed by atoms with van der Waals surface area (Å²) in [5, 5.41) is 10.7. The SMILES string of the molecule is CCc1ccc(CSc2nc(-c3ccc(F)cc3)nc3c2Cc2c(CO)cnc(C)c2O3)cc1. The van der Waals surface area contributed by atoms with E-state index in [2.05, 4.69) is 41.2 Å². The highest BCUT2D eigenvalue weighted by molar-refractivity contribution is 7.98. The van der Waals surface area contributed by atoms with Crippen LogP contribution in [0.5, 0.6) is 11.6 Å². The summed E-state index contributed by atoms with van der Waals surface area (Å²) in [4.78, 5) is 13.9. The molecule has 0 atom stereocenters. The van der Waals surface area contributed by atoms with Crippen molar-refractivity contribution in [3.8, 4) is 23.0 Å². The van der Waals surface area contributed by atoms with Crippen LogP contribution < -0.4 is 4.74 Å². The number of aliphatic hydroxyl groups is 1. The van der Waals surface area contributed by atoms with Gasteiger partial charge in [-0.3, -0.25) is 4.98 Å². The number of thioether (sulfide) groups is 1. The summed E-state index contributed by atoms with van der Waals surface area (Å²) < 4.78 is 19.7. The predicted molar refractivity (Wildman–Crippen MR) is 131 cm³/mol. The topological polar surface area (TPSA) is 68.1 Å². The first-order valence-corrected chi connectivity index (χ1v) is 12.2. The van der Waals surface area contributed by atoms with Gasteiger partial charge in [-0.2, -0.15) is 4.98 Å². The summed E-state index contributed by atoms with van der Waals surface area (Å²) >= 11 is 1.62. The highest BCUT2D eigenvalue weighted by Crippen LogP contribution is 2.43. The smallest absolute Gasteiger partial charge is 0.227 e. The standard InChI is InChI=1S/C27H24FN3O2S/c1-3-17-4-6-18(7-5-17)15-34-27-23-12-22-20(14-32)13-29-16(2)24(22)33-26(23)30-25(31-27)19-8-10-21(28)11-9-19/h4-11,13,32H,3,12,14-15H2,1-2H3. The van der Waals surface area contributed by atoms with Crippen molar-refractivity contribution in [3.05, 3.63) is 94.1 Å². The van der Waals surface area contributed by atoms with Crippen molar-refractivity contribution in [1.82, 2.24) is 15.0 Å². The second-order valence-corrected chi connectivity index (χ2v) is 9.18. The molecule has 0 saturated heterocycles. The molecule has 0 spiro atoms. The fourth-order valence-electron chi connectivity index (χ4n) is 3.96. The molecule has 2 aromatic heterocycles. The fraction of sp³-hybridized carbons (Fsp3) is 0.222. The third kappa shape index (κ3) is 4.41. The lowest BCUT2D eigenvalue weighted by molar-refractivity contribution is 0.278. The number of hydrogen-bond acceptors (Lipinski definition) is 6. The van der Waals surface area contributed by atoms with Crippen molar-refractivity contribution in [2.24, 2.45) is 0 Å². The van der Waals surface area contributed by atoms with Crippen LogP contribution >= 0.6 is 11.8 Å². The van der Waals surface area contributed by atoms with Gasteiger partial charge in [-0.25, -0.2) is 9.37 Å². The van der Waals surface area contributed by atoms with Crippen molar-refractivity contribution in [2.45, 2.75) is 44.1 Å². The van der Waals surface area contributed by atoms with Crippen LogP contribution in [0.2, 0.25) is 0 Å². The minimum absolute atomic E-state index is 0.116. The van der Waals surface area contributed by atoms with Gasteiger partial charge in [-0.15, -0.1) is 11.8 Å². The number of aryl methyl sites for hydroxylation is 2. The van der Waals surface area contributed by atoms with Crippen LogP contribution in [0.4, 0.5) is 4.39 Å². The highest BCUT2D eigenvalue weighted by Gasteiger charge is 2.27. The molecule has 1 aliphatic heterocycles. The van der Waals surface area contributed by atoms with Gasteiger partial charge in [-0.1, -0.05) is 31.2 Å². The Balaban J connectivity index is 1.56. The van der Waals surface area contributed by atoms with E-state index in [-0.39, 0.29) is 12.4 Å². The summed E-state index contributed by atoms with van der Waals surface area (Å²) in [5.74, 6) is 2.02. The number of benzene rings is 2. The van der Waals surface area contributed by atoms with Gasteiger partial charge in [0.25, 0.3) is 0 Å². The van der Waals surface area contributed by atoms with E-state index in [0.717, 1.165) is 39.6 Å². The number of hydrogen-bond donors (Lipinski definition) is 1. The number of halogens is 1. The van der Waals surface area contributed by atoms with Crippen molar-refractivity contribution < 1.29 is 14.2 Å². The maximum absolute atomic E-state index is 13.5. The largest absolute Gasteiger partial charge is 0.436 e. The van der Waals surface area contributed by atoms with Gasteiger partial charge in [0, 0.05) is 35.1 Å². The number of fused-ring (bicyclic) bond motifs is 2. The third-order valence-corrected chi connectivity index (χ3v) is 7.06. The predicted octanol–water partition coefficient (Wildman–Crippen LogP) is 6.03. The van der Waals surface area contributed by atoms with E-state index in [0.29, 0.717) is 29.4 Å². The number of aliphatic hydroxyl groups excluding tert-OH is 1. The van der Waals surface area contributed by atoms with Gasteiger partial charge < -0.3 is 9.84 Å². The molecule has 0 radical (unpaired) electrons. The molecule has 0 amide bonds. The van der Waals surface area contributed by atoms with Gasteiger partial charge >= 0.3 is 0 Å². The molecule has 0 saturated carbocycles. The first-order chi connectivity index (χ1) is 16.6. The van der Waals surface area contributed by atoms with Crippen molar-refractivity contribution in [2.75, 3.05) is 0 Å². The minimum Gasteiger partial charge on any atom is -0.436 e. The maximum Gasteiger partial charge on any atom is 0.227 e. The monoisotopic (exact) mass is 473 g/mol. The molecule has 0 fully saturated rings. The Hall–Kier alpha value is -3.29. The zero-order valence-electron chi connectivity index (χ0n) is 19.0. The second-order valence-electron chi connectivity index (χ2n) is 8.22. The molecule has 1 N–H and O–H groups in total. The summed E-state index contributed by atoms with van der Waals surface area (Å²) in [6, 6.07) is 14.7. The van der Waals surface area contributed by atoms with Crippen molar-refractivity contribution in [1.29, 1.82) is 0 Å². The van der Waals surface area contributed by atoms with E-state index < -0.39 is 0 Å². The number of aromatic nitrogens is 3. The Morgan fingerprint density at radius 3 is 2.44 bits per heavy atom. The average molecular weight is 474 g/mol. The summed E-state index contributed by atoms with van der Waals surface area (Å²) in [6.45, 7) is 3.90. The van der Waals surface area contributed by atoms with Crippen LogP contribution in [0.25, 0.3) is 11.4 Å². The number of ether oxygens (including phenoxy) is 1.